The van der Waals surface area contributed by atoms with Crippen molar-refractivity contribution in [3.63, 3.8) is 0 Å². The zero-order valence-corrected chi connectivity index (χ0v) is 54.0. The molecule has 0 saturated heterocycles. The molecule has 0 atom stereocenters. The van der Waals surface area contributed by atoms with E-state index in [-0.39, 0.29) is 22.4 Å². The van der Waals surface area contributed by atoms with Crippen LogP contribution in [0.15, 0.2) is 194 Å². The lowest BCUT2D eigenvalue weighted by molar-refractivity contribution is 0.130. The van der Waals surface area contributed by atoms with E-state index in [0.717, 1.165) is 79.4 Å². The van der Waals surface area contributed by atoms with Crippen LogP contribution in [0.4, 0.5) is 34.1 Å². The Bertz CT molecular complexity index is 4330. The molecule has 0 aliphatic carbocycles. The standard InChI is InChI=1S/C82H80N2O4/c1-49-45-55(85-79(5,6)7)33-39-65(49)83(66-40-34-56(46-50(66)2)86-80(8,9)10)69-43-37-63-73-59(69)29-23-31-61(73)75-71(53-25-19-17-20-26-53)78-64-38-44-70(60-30-24-32-62(74(60)64)76(78)72(77(63)75)54-27-21-18-22-28-54)84(67-41-35-57(47-51(67)3)87-81(11,12)13)68-42-36-58(48-52(68)4)88-82(14,15)16/h17-48H,1-16H3. The van der Waals surface area contributed by atoms with Gasteiger partial charge in [-0.1, -0.05) is 109 Å². The summed E-state index contributed by atoms with van der Waals surface area (Å²) in [5.41, 5.74) is 14.3. The monoisotopic (exact) mass is 1160 g/mol. The molecular formula is C82H80N2O4. The Morgan fingerprint density at radius 3 is 0.750 bits per heavy atom. The maximum absolute atomic E-state index is 6.48. The van der Waals surface area contributed by atoms with E-state index in [4.69, 9.17) is 18.9 Å². The summed E-state index contributed by atoms with van der Waals surface area (Å²) in [6.07, 6.45) is 0. The van der Waals surface area contributed by atoms with Gasteiger partial charge >= 0.3 is 0 Å². The van der Waals surface area contributed by atoms with Crippen molar-refractivity contribution >= 4 is 98.8 Å². The van der Waals surface area contributed by atoms with E-state index >= 15 is 0 Å². The molecule has 6 heteroatoms. The van der Waals surface area contributed by atoms with Crippen LogP contribution in [-0.4, -0.2) is 22.4 Å². The lowest BCUT2D eigenvalue weighted by Gasteiger charge is -2.31. The first-order valence-corrected chi connectivity index (χ1v) is 31.1. The van der Waals surface area contributed by atoms with Gasteiger partial charge in [0.05, 0.1) is 11.4 Å². The number of hydrogen-bond acceptors (Lipinski definition) is 6. The Labute approximate surface area is 519 Å². The highest BCUT2D eigenvalue weighted by Crippen LogP contribution is 2.58. The first-order valence-electron chi connectivity index (χ1n) is 31.1. The molecule has 88 heavy (non-hydrogen) atoms. The van der Waals surface area contributed by atoms with Crippen molar-refractivity contribution in [2.24, 2.45) is 0 Å². The van der Waals surface area contributed by atoms with Gasteiger partial charge in [0.15, 0.2) is 0 Å². The molecule has 0 fully saturated rings. The zero-order valence-electron chi connectivity index (χ0n) is 54.0. The fourth-order valence-corrected chi connectivity index (χ4v) is 13.6. The molecule has 442 valence electrons. The third kappa shape index (κ3) is 10.5. The van der Waals surface area contributed by atoms with Gasteiger partial charge in [-0.2, -0.15) is 0 Å². The normalized spacial score (nSPS) is 12.5. The van der Waals surface area contributed by atoms with Crippen LogP contribution < -0.4 is 28.7 Å². The molecule has 0 aliphatic rings. The van der Waals surface area contributed by atoms with Gasteiger partial charge in [-0.15, -0.1) is 0 Å². The Morgan fingerprint density at radius 2 is 0.489 bits per heavy atom. The molecule has 0 N–H and O–H groups in total. The predicted molar refractivity (Wildman–Crippen MR) is 375 cm³/mol. The maximum atomic E-state index is 6.48. The van der Waals surface area contributed by atoms with Crippen molar-refractivity contribution in [3.8, 4) is 45.3 Å². The highest BCUT2D eigenvalue weighted by molar-refractivity contribution is 6.47. The number of benzene rings is 11. The number of anilines is 6. The molecule has 0 spiro atoms. The molecule has 0 bridgehead atoms. The summed E-state index contributed by atoms with van der Waals surface area (Å²) in [5.74, 6) is 3.37. The smallest absolute Gasteiger partial charge is 0.120 e. The van der Waals surface area contributed by atoms with Crippen LogP contribution in [0.1, 0.15) is 105 Å². The highest BCUT2D eigenvalue weighted by atomic mass is 16.5. The SMILES string of the molecule is Cc1cc(OC(C)(C)C)ccc1N(c1ccc(OC(C)(C)C)cc1C)c1ccc2c3c(-c4ccccc4)c4c5cccc6c(N(c7ccc(OC(C)(C)C)cc7C)c7ccc(OC(C)(C)C)cc7C)ccc(c4c(-c4ccccc4)c3c3cccc1c32)c65. The van der Waals surface area contributed by atoms with Crippen molar-refractivity contribution in [2.75, 3.05) is 9.80 Å². The van der Waals surface area contributed by atoms with Crippen LogP contribution >= 0.6 is 0 Å². The van der Waals surface area contributed by atoms with Gasteiger partial charge in [-0.3, -0.25) is 0 Å². The minimum absolute atomic E-state index is 0.347. The number of aryl methyl sites for hydroxylation is 4. The Balaban J connectivity index is 1.12. The molecule has 13 aromatic carbocycles. The molecule has 13 rings (SSSR count). The Kier molecular flexibility index (Phi) is 14.0. The van der Waals surface area contributed by atoms with Crippen LogP contribution in [-0.2, 0) is 0 Å². The van der Waals surface area contributed by atoms with E-state index in [1.165, 1.54) is 86.9 Å². The van der Waals surface area contributed by atoms with Gasteiger partial charge < -0.3 is 28.7 Å². The maximum Gasteiger partial charge on any atom is 0.120 e. The van der Waals surface area contributed by atoms with Gasteiger partial charge in [-0.05, 0) is 294 Å². The van der Waals surface area contributed by atoms with Gasteiger partial charge in [0.2, 0.25) is 0 Å². The fraction of sp³-hybridized carbons (Fsp3) is 0.244. The van der Waals surface area contributed by atoms with Crippen molar-refractivity contribution in [1.29, 1.82) is 0 Å². The lowest BCUT2D eigenvalue weighted by Crippen LogP contribution is -2.23. The highest BCUT2D eigenvalue weighted by Gasteiger charge is 2.32. The minimum atomic E-state index is -0.347. The number of ether oxygens (including phenoxy) is 4. The molecule has 0 radical (unpaired) electrons. The minimum Gasteiger partial charge on any atom is -0.488 e. The van der Waals surface area contributed by atoms with E-state index in [9.17, 15) is 0 Å². The Hall–Kier alpha value is -9.26. The number of nitrogens with zero attached hydrogens (tertiary/aromatic N) is 2. The van der Waals surface area contributed by atoms with Crippen LogP contribution in [0.2, 0.25) is 0 Å². The van der Waals surface area contributed by atoms with E-state index in [2.05, 4.69) is 315 Å². The van der Waals surface area contributed by atoms with Gasteiger partial charge in [0.1, 0.15) is 45.4 Å². The number of hydrogen-bond donors (Lipinski definition) is 0. The first-order chi connectivity index (χ1) is 41.8. The predicted octanol–water partition coefficient (Wildman–Crippen LogP) is 23.7. The molecule has 0 unspecified atom stereocenters. The second kappa shape index (κ2) is 21.3. The van der Waals surface area contributed by atoms with Gasteiger partial charge in [0, 0.05) is 33.5 Å². The summed E-state index contributed by atoms with van der Waals surface area (Å²) in [5, 5.41) is 14.7. The summed E-state index contributed by atoms with van der Waals surface area (Å²) < 4.78 is 25.9. The van der Waals surface area contributed by atoms with Crippen LogP contribution in [0.3, 0.4) is 0 Å². The molecule has 0 amide bonds. The van der Waals surface area contributed by atoms with Crippen LogP contribution in [0, 0.1) is 27.7 Å². The summed E-state index contributed by atoms with van der Waals surface area (Å²) in [4.78, 5) is 4.91. The average Bonchev–Trinajstić information content (AvgIpc) is 1.51. The Morgan fingerprint density at radius 1 is 0.239 bits per heavy atom. The van der Waals surface area contributed by atoms with E-state index in [1.54, 1.807) is 0 Å². The average molecular weight is 1160 g/mol. The van der Waals surface area contributed by atoms with E-state index in [0.29, 0.717) is 0 Å². The fourth-order valence-electron chi connectivity index (χ4n) is 13.6. The molecule has 0 heterocycles. The number of fused-ring (bicyclic) bond motifs is 6. The second-order valence-electron chi connectivity index (χ2n) is 28.0. The zero-order chi connectivity index (χ0) is 61.9. The van der Waals surface area contributed by atoms with E-state index in [1.807, 2.05) is 0 Å². The van der Waals surface area contributed by atoms with Crippen molar-refractivity contribution in [3.05, 3.63) is 216 Å². The first kappa shape index (κ1) is 57.8. The van der Waals surface area contributed by atoms with Gasteiger partial charge in [0.25, 0.3) is 0 Å². The molecule has 0 saturated carbocycles. The number of rotatable bonds is 12. The molecule has 0 aromatic heterocycles. The largest absolute Gasteiger partial charge is 0.488 e. The van der Waals surface area contributed by atoms with Crippen molar-refractivity contribution in [2.45, 2.75) is 133 Å². The topological polar surface area (TPSA) is 43.4 Å². The molecular weight excluding hydrogens is 1080 g/mol. The molecule has 13 aromatic rings. The van der Waals surface area contributed by atoms with E-state index < -0.39 is 0 Å². The van der Waals surface area contributed by atoms with Gasteiger partial charge in [-0.25, -0.2) is 0 Å². The summed E-state index contributed by atoms with van der Waals surface area (Å²) in [6.45, 7) is 34.0. The second-order valence-corrected chi connectivity index (χ2v) is 28.0. The third-order valence-electron chi connectivity index (χ3n) is 16.6. The van der Waals surface area contributed by atoms with Crippen molar-refractivity contribution in [1.82, 2.24) is 0 Å². The summed E-state index contributed by atoms with van der Waals surface area (Å²) >= 11 is 0. The lowest BCUT2D eigenvalue weighted by atomic mass is 9.87. The van der Waals surface area contributed by atoms with Crippen LogP contribution in [0.25, 0.3) is 86.9 Å². The quantitative estimate of drug-likeness (QED) is 0.121. The summed E-state index contributed by atoms with van der Waals surface area (Å²) in [6, 6.07) is 71.8. The third-order valence-corrected chi connectivity index (χ3v) is 16.6. The molecule has 0 aliphatic heterocycles. The van der Waals surface area contributed by atoms with Crippen LogP contribution in [0.5, 0.6) is 23.0 Å². The summed E-state index contributed by atoms with van der Waals surface area (Å²) in [7, 11) is 0. The van der Waals surface area contributed by atoms with Crippen molar-refractivity contribution < 1.29 is 18.9 Å². The molecule has 6 nitrogen and oxygen atoms in total.